The zero-order valence-electron chi connectivity index (χ0n) is 8.29. The van der Waals surface area contributed by atoms with Crippen molar-refractivity contribution in [2.24, 2.45) is 0 Å². The van der Waals surface area contributed by atoms with E-state index in [1.807, 2.05) is 0 Å². The fraction of sp³-hybridized carbons (Fsp3) is 0.625. The minimum Gasteiger partial charge on any atom is -0.394 e. The van der Waals surface area contributed by atoms with Crippen molar-refractivity contribution in [3.63, 3.8) is 0 Å². The Morgan fingerprint density at radius 3 is 2.29 bits per heavy atom. The molecule has 1 aliphatic heterocycles. The van der Waals surface area contributed by atoms with Gasteiger partial charge in [0.1, 0.15) is 27.5 Å². The van der Waals surface area contributed by atoms with Crippen molar-refractivity contribution < 1.29 is 20.1 Å². The van der Waals surface area contributed by atoms with Crippen molar-refractivity contribution in [1.82, 2.24) is 9.55 Å². The molecule has 1 saturated heterocycles. The Balaban J connectivity index is 2.35. The van der Waals surface area contributed by atoms with E-state index in [0.717, 1.165) is 0 Å². The minimum absolute atomic E-state index is 0.361. The highest BCUT2D eigenvalue weighted by Crippen LogP contribution is 2.37. The number of aliphatic hydroxyl groups is 3. The standard InChI is InChI=1S/C8H9Br3N2O4/c9-5-6(10)13(8(11)12-5)7-4(16)3(15)2(1-14)17-7/h2-4,7,14-16H,1H2/t2?,3?,4-,7?/m0/s1. The normalized spacial score (nSPS) is 33.3. The van der Waals surface area contributed by atoms with Gasteiger partial charge in [0.2, 0.25) is 0 Å². The Kier molecular flexibility index (Phi) is 4.28. The lowest BCUT2D eigenvalue weighted by molar-refractivity contribution is -0.0548. The van der Waals surface area contributed by atoms with Crippen LogP contribution in [0.3, 0.4) is 0 Å². The fourth-order valence-corrected chi connectivity index (χ4v) is 3.52. The van der Waals surface area contributed by atoms with Crippen LogP contribution in [0, 0.1) is 0 Å². The Morgan fingerprint density at radius 1 is 1.24 bits per heavy atom. The van der Waals surface area contributed by atoms with Crippen LogP contribution in [0.2, 0.25) is 0 Å². The summed E-state index contributed by atoms with van der Waals surface area (Å²) in [6.07, 6.45) is -3.90. The first-order chi connectivity index (χ1) is 7.97. The zero-order chi connectivity index (χ0) is 12.7. The largest absolute Gasteiger partial charge is 0.394 e. The first kappa shape index (κ1) is 13.9. The van der Waals surface area contributed by atoms with Gasteiger partial charge in [0.25, 0.3) is 0 Å². The third kappa shape index (κ3) is 2.34. The Labute approximate surface area is 122 Å². The van der Waals surface area contributed by atoms with E-state index in [2.05, 4.69) is 52.8 Å². The molecule has 4 atom stereocenters. The lowest BCUT2D eigenvalue weighted by Gasteiger charge is -2.18. The molecule has 0 amide bonds. The number of imidazole rings is 1. The fourth-order valence-electron chi connectivity index (χ4n) is 1.67. The summed E-state index contributed by atoms with van der Waals surface area (Å²) in [6.45, 7) is -0.361. The summed E-state index contributed by atoms with van der Waals surface area (Å²) in [6, 6.07) is 0. The molecule has 0 spiro atoms. The van der Waals surface area contributed by atoms with Gasteiger partial charge in [0.05, 0.1) is 6.61 Å². The van der Waals surface area contributed by atoms with E-state index in [0.29, 0.717) is 13.9 Å². The first-order valence-electron chi connectivity index (χ1n) is 4.68. The van der Waals surface area contributed by atoms with Crippen LogP contribution in [0.25, 0.3) is 0 Å². The molecule has 3 N–H and O–H groups in total. The average Bonchev–Trinajstić information content (AvgIpc) is 2.69. The molecule has 1 aromatic heterocycles. The van der Waals surface area contributed by atoms with Crippen molar-refractivity contribution in [3.8, 4) is 0 Å². The second-order valence-electron chi connectivity index (χ2n) is 3.56. The number of hydrogen-bond acceptors (Lipinski definition) is 5. The van der Waals surface area contributed by atoms with E-state index in [4.69, 9.17) is 9.84 Å². The number of aromatic nitrogens is 2. The molecule has 1 aromatic rings. The molecule has 1 fully saturated rings. The molecule has 96 valence electrons. The highest BCUT2D eigenvalue weighted by molar-refractivity contribution is 9.13. The summed E-state index contributed by atoms with van der Waals surface area (Å²) in [5.74, 6) is 0. The van der Waals surface area contributed by atoms with Crippen LogP contribution in [-0.4, -0.2) is 49.8 Å². The predicted molar refractivity (Wildman–Crippen MR) is 68.3 cm³/mol. The maximum absolute atomic E-state index is 9.88. The molecule has 3 unspecified atom stereocenters. The van der Waals surface area contributed by atoms with Crippen LogP contribution in [0.1, 0.15) is 6.23 Å². The summed E-state index contributed by atoms with van der Waals surface area (Å²) >= 11 is 9.74. The molecule has 9 heteroatoms. The number of halogens is 3. The zero-order valence-corrected chi connectivity index (χ0v) is 13.1. The summed E-state index contributed by atoms with van der Waals surface area (Å²) in [5.41, 5.74) is 0. The van der Waals surface area contributed by atoms with Crippen LogP contribution >= 0.6 is 47.8 Å². The molecule has 0 aromatic carbocycles. The topological polar surface area (TPSA) is 87.7 Å². The second kappa shape index (κ2) is 5.24. The molecule has 17 heavy (non-hydrogen) atoms. The predicted octanol–water partition coefficient (Wildman–Crippen LogP) is 0.782. The van der Waals surface area contributed by atoms with E-state index in [-0.39, 0.29) is 6.61 Å². The van der Waals surface area contributed by atoms with Crippen LogP contribution in [0.5, 0.6) is 0 Å². The molecule has 1 aliphatic rings. The van der Waals surface area contributed by atoms with Crippen LogP contribution < -0.4 is 0 Å². The van der Waals surface area contributed by atoms with Gasteiger partial charge in [-0.3, -0.25) is 4.57 Å². The third-order valence-electron chi connectivity index (χ3n) is 2.54. The molecule has 0 saturated carbocycles. The first-order valence-corrected chi connectivity index (χ1v) is 7.06. The van der Waals surface area contributed by atoms with E-state index >= 15 is 0 Å². The van der Waals surface area contributed by atoms with Crippen molar-refractivity contribution in [2.75, 3.05) is 6.61 Å². The highest BCUT2D eigenvalue weighted by atomic mass is 79.9. The maximum atomic E-state index is 9.88. The van der Waals surface area contributed by atoms with Gasteiger partial charge in [0, 0.05) is 0 Å². The van der Waals surface area contributed by atoms with Crippen LogP contribution in [-0.2, 0) is 4.74 Å². The monoisotopic (exact) mass is 434 g/mol. The molecule has 0 aliphatic carbocycles. The van der Waals surface area contributed by atoms with Crippen molar-refractivity contribution in [1.29, 1.82) is 0 Å². The molecular weight excluding hydrogens is 428 g/mol. The smallest absolute Gasteiger partial charge is 0.181 e. The number of rotatable bonds is 2. The second-order valence-corrected chi connectivity index (χ2v) is 5.77. The summed E-state index contributed by atoms with van der Waals surface area (Å²) in [7, 11) is 0. The summed E-state index contributed by atoms with van der Waals surface area (Å²) in [5, 5.41) is 28.6. The van der Waals surface area contributed by atoms with Crippen molar-refractivity contribution in [3.05, 3.63) is 13.9 Å². The van der Waals surface area contributed by atoms with Crippen LogP contribution in [0.4, 0.5) is 0 Å². The number of nitrogens with zero attached hydrogens (tertiary/aromatic N) is 2. The van der Waals surface area contributed by atoms with Gasteiger partial charge in [-0.2, -0.15) is 0 Å². The van der Waals surface area contributed by atoms with E-state index in [1.54, 1.807) is 0 Å². The van der Waals surface area contributed by atoms with Gasteiger partial charge < -0.3 is 20.1 Å². The number of hydrogen-bond donors (Lipinski definition) is 3. The van der Waals surface area contributed by atoms with E-state index in [1.165, 1.54) is 4.57 Å². The highest BCUT2D eigenvalue weighted by Gasteiger charge is 2.44. The lowest BCUT2D eigenvalue weighted by Crippen LogP contribution is -2.33. The van der Waals surface area contributed by atoms with E-state index in [9.17, 15) is 10.2 Å². The summed E-state index contributed by atoms with van der Waals surface area (Å²) < 4.78 is 8.47. The third-order valence-corrected chi connectivity index (χ3v) is 4.94. The summed E-state index contributed by atoms with van der Waals surface area (Å²) in [4.78, 5) is 4.08. The van der Waals surface area contributed by atoms with E-state index < -0.39 is 24.5 Å². The van der Waals surface area contributed by atoms with Gasteiger partial charge in [-0.05, 0) is 47.8 Å². The Morgan fingerprint density at radius 2 is 1.88 bits per heavy atom. The van der Waals surface area contributed by atoms with Crippen LogP contribution in [0.15, 0.2) is 13.9 Å². The molecule has 2 heterocycles. The van der Waals surface area contributed by atoms with Gasteiger partial charge in [-0.15, -0.1) is 0 Å². The molecule has 0 bridgehead atoms. The number of ether oxygens (including phenoxy) is 1. The molecule has 6 nitrogen and oxygen atoms in total. The minimum atomic E-state index is -1.14. The Bertz CT molecular complexity index is 427. The van der Waals surface area contributed by atoms with Gasteiger partial charge in [-0.1, -0.05) is 0 Å². The van der Waals surface area contributed by atoms with Gasteiger partial charge in [-0.25, -0.2) is 4.98 Å². The van der Waals surface area contributed by atoms with Crippen molar-refractivity contribution in [2.45, 2.75) is 24.5 Å². The maximum Gasteiger partial charge on any atom is 0.181 e. The van der Waals surface area contributed by atoms with Gasteiger partial charge in [0.15, 0.2) is 11.0 Å². The van der Waals surface area contributed by atoms with Crippen molar-refractivity contribution >= 4 is 47.8 Å². The molecule has 0 radical (unpaired) electrons. The molecule has 2 rings (SSSR count). The SMILES string of the molecule is OCC1OC(n2c(Br)nc(Br)c2Br)[C@@H](O)C1O. The molecular formula is C8H9Br3N2O4. The lowest BCUT2D eigenvalue weighted by atomic mass is 10.1. The van der Waals surface area contributed by atoms with Gasteiger partial charge >= 0.3 is 0 Å². The quantitative estimate of drug-likeness (QED) is 0.638. The number of aliphatic hydroxyl groups excluding tert-OH is 3. The average molecular weight is 437 g/mol. The Hall–Kier alpha value is 0.490.